The van der Waals surface area contributed by atoms with Crippen LogP contribution in [-0.2, 0) is 4.79 Å². The molecule has 0 heterocycles. The molecule has 0 aliphatic rings. The van der Waals surface area contributed by atoms with Gasteiger partial charge in [-0.05, 0) is 37.6 Å². The zero-order chi connectivity index (χ0) is 13.7. The normalized spacial score (nSPS) is 14.1. The molecule has 1 rings (SSSR count). The van der Waals surface area contributed by atoms with Gasteiger partial charge in [0.25, 0.3) is 0 Å². The average molecular weight is 332 g/mol. The zero-order valence-electron chi connectivity index (χ0n) is 10.7. The molecule has 0 saturated carbocycles. The number of carbonyl (C=O) groups excluding carboxylic acids is 1. The van der Waals surface area contributed by atoms with Gasteiger partial charge in [-0.1, -0.05) is 22.9 Å². The predicted octanol–water partition coefficient (Wildman–Crippen LogP) is 3.20. The van der Waals surface area contributed by atoms with E-state index in [1.165, 1.54) is 11.8 Å². The van der Waals surface area contributed by atoms with Crippen LogP contribution in [0.4, 0.5) is 5.69 Å². The highest BCUT2D eigenvalue weighted by Gasteiger charge is 2.12. The van der Waals surface area contributed by atoms with Crippen molar-refractivity contribution >= 4 is 39.3 Å². The largest absolute Gasteiger partial charge is 0.392 e. The van der Waals surface area contributed by atoms with E-state index >= 15 is 0 Å². The van der Waals surface area contributed by atoms with Gasteiger partial charge in [-0.3, -0.25) is 4.79 Å². The number of carbonyl (C=O) groups is 1. The second-order valence-corrected chi connectivity index (χ2v) is 6.55. The average Bonchev–Trinajstić information content (AvgIpc) is 2.29. The maximum atomic E-state index is 11.8. The van der Waals surface area contributed by atoms with Crippen molar-refractivity contribution in [1.29, 1.82) is 0 Å². The number of nitrogens with one attached hydrogen (secondary N) is 1. The summed E-state index contributed by atoms with van der Waals surface area (Å²) in [5, 5.41) is 12.3. The Morgan fingerprint density at radius 2 is 2.17 bits per heavy atom. The first-order valence-electron chi connectivity index (χ1n) is 5.76. The van der Waals surface area contributed by atoms with E-state index < -0.39 is 6.10 Å². The third-order valence-electron chi connectivity index (χ3n) is 2.62. The highest BCUT2D eigenvalue weighted by Crippen LogP contribution is 2.21. The minimum absolute atomic E-state index is 0.0436. The molecule has 3 nitrogen and oxygen atoms in total. The second kappa shape index (κ2) is 7.16. The topological polar surface area (TPSA) is 49.3 Å². The van der Waals surface area contributed by atoms with Gasteiger partial charge in [-0.25, -0.2) is 0 Å². The van der Waals surface area contributed by atoms with Crippen LogP contribution >= 0.6 is 27.7 Å². The Morgan fingerprint density at radius 3 is 2.72 bits per heavy atom. The fraction of sp³-hybridized carbons (Fsp3) is 0.462. The second-order valence-electron chi connectivity index (χ2n) is 4.26. The predicted molar refractivity (Wildman–Crippen MR) is 81.1 cm³/mol. The minimum Gasteiger partial charge on any atom is -0.392 e. The van der Waals surface area contributed by atoms with E-state index in [2.05, 4.69) is 21.2 Å². The van der Waals surface area contributed by atoms with Crippen LogP contribution in [-0.4, -0.2) is 28.1 Å². The van der Waals surface area contributed by atoms with Gasteiger partial charge in [0.15, 0.2) is 0 Å². The van der Waals surface area contributed by atoms with Crippen molar-refractivity contribution in [3.8, 4) is 0 Å². The highest BCUT2D eigenvalue weighted by molar-refractivity contribution is 9.10. The number of aryl methyl sites for hydroxylation is 1. The number of anilines is 1. The summed E-state index contributed by atoms with van der Waals surface area (Å²) < 4.78 is 0.995. The molecule has 1 aromatic rings. The van der Waals surface area contributed by atoms with Gasteiger partial charge >= 0.3 is 0 Å². The monoisotopic (exact) mass is 331 g/mol. The SMILES string of the molecule is Cc1cc(Br)ccc1NC(=O)CSC(C)C(C)O. The number of aliphatic hydroxyl groups excluding tert-OH is 1. The summed E-state index contributed by atoms with van der Waals surface area (Å²) in [5.74, 6) is 0.305. The van der Waals surface area contributed by atoms with Crippen molar-refractivity contribution in [2.75, 3.05) is 11.1 Å². The first-order valence-corrected chi connectivity index (χ1v) is 7.60. The van der Waals surface area contributed by atoms with Crippen LogP contribution in [0.15, 0.2) is 22.7 Å². The molecule has 1 amide bonds. The number of benzene rings is 1. The highest BCUT2D eigenvalue weighted by atomic mass is 79.9. The molecule has 0 spiro atoms. The molecule has 2 atom stereocenters. The van der Waals surface area contributed by atoms with Crippen LogP contribution in [0.1, 0.15) is 19.4 Å². The van der Waals surface area contributed by atoms with E-state index in [1.807, 2.05) is 32.0 Å². The third-order valence-corrected chi connectivity index (χ3v) is 4.46. The Morgan fingerprint density at radius 1 is 1.50 bits per heavy atom. The van der Waals surface area contributed by atoms with Crippen LogP contribution in [0.2, 0.25) is 0 Å². The van der Waals surface area contributed by atoms with E-state index in [1.54, 1.807) is 6.92 Å². The maximum Gasteiger partial charge on any atom is 0.234 e. The number of hydrogen-bond acceptors (Lipinski definition) is 3. The summed E-state index contributed by atoms with van der Waals surface area (Å²) in [7, 11) is 0. The maximum absolute atomic E-state index is 11.8. The molecule has 2 N–H and O–H groups in total. The Labute approximate surface area is 120 Å². The Bertz CT molecular complexity index is 423. The lowest BCUT2D eigenvalue weighted by molar-refractivity contribution is -0.113. The summed E-state index contributed by atoms with van der Waals surface area (Å²) in [6.45, 7) is 5.59. The van der Waals surface area contributed by atoms with Gasteiger partial charge in [0.05, 0.1) is 11.9 Å². The van der Waals surface area contributed by atoms with E-state index in [0.29, 0.717) is 5.75 Å². The number of aliphatic hydroxyl groups is 1. The summed E-state index contributed by atoms with van der Waals surface area (Å²) in [5.41, 5.74) is 1.85. The van der Waals surface area contributed by atoms with E-state index in [0.717, 1.165) is 15.7 Å². The first-order chi connectivity index (χ1) is 8.40. The van der Waals surface area contributed by atoms with Gasteiger partial charge in [0.2, 0.25) is 5.91 Å². The lowest BCUT2D eigenvalue weighted by Crippen LogP contribution is -2.21. The standard InChI is InChI=1S/C13H18BrNO2S/c1-8-6-11(14)4-5-12(8)15-13(17)7-18-10(3)9(2)16/h4-6,9-10,16H,7H2,1-3H3,(H,15,17). The van der Waals surface area contributed by atoms with Crippen LogP contribution in [0.25, 0.3) is 0 Å². The first kappa shape index (κ1) is 15.5. The molecule has 0 bridgehead atoms. The Kier molecular flexibility index (Phi) is 6.18. The lowest BCUT2D eigenvalue weighted by atomic mass is 10.2. The zero-order valence-corrected chi connectivity index (χ0v) is 13.1. The van der Waals surface area contributed by atoms with E-state index in [-0.39, 0.29) is 11.2 Å². The molecule has 0 aromatic heterocycles. The molecule has 18 heavy (non-hydrogen) atoms. The molecule has 1 aromatic carbocycles. The molecule has 100 valence electrons. The van der Waals surface area contributed by atoms with E-state index in [4.69, 9.17) is 0 Å². The number of thioether (sulfide) groups is 1. The number of rotatable bonds is 5. The summed E-state index contributed by atoms with van der Waals surface area (Å²) in [6.07, 6.45) is -0.405. The van der Waals surface area contributed by atoms with Crippen LogP contribution in [0.3, 0.4) is 0 Å². The summed E-state index contributed by atoms with van der Waals surface area (Å²) in [4.78, 5) is 11.8. The number of amides is 1. The van der Waals surface area contributed by atoms with Crippen LogP contribution in [0.5, 0.6) is 0 Å². The van der Waals surface area contributed by atoms with Crippen molar-refractivity contribution < 1.29 is 9.90 Å². The van der Waals surface area contributed by atoms with Crippen LogP contribution in [0, 0.1) is 6.92 Å². The van der Waals surface area contributed by atoms with Crippen molar-refractivity contribution in [2.24, 2.45) is 0 Å². The van der Waals surface area contributed by atoms with Gasteiger partial charge in [-0.15, -0.1) is 11.8 Å². The lowest BCUT2D eigenvalue weighted by Gasteiger charge is -2.14. The number of halogens is 1. The molecule has 0 fully saturated rings. The molecule has 2 unspecified atom stereocenters. The third kappa shape index (κ3) is 5.00. The fourth-order valence-electron chi connectivity index (χ4n) is 1.30. The molecular weight excluding hydrogens is 314 g/mol. The van der Waals surface area contributed by atoms with Gasteiger partial charge in [0, 0.05) is 15.4 Å². The van der Waals surface area contributed by atoms with Gasteiger partial charge < -0.3 is 10.4 Å². The molecule has 5 heteroatoms. The molecule has 0 radical (unpaired) electrons. The molecule has 0 saturated heterocycles. The Balaban J connectivity index is 2.50. The fourth-order valence-corrected chi connectivity index (χ4v) is 2.54. The van der Waals surface area contributed by atoms with E-state index in [9.17, 15) is 9.90 Å². The molecular formula is C13H18BrNO2S. The van der Waals surface area contributed by atoms with Crippen LogP contribution < -0.4 is 5.32 Å². The molecule has 0 aliphatic carbocycles. The summed E-state index contributed by atoms with van der Waals surface area (Å²) in [6, 6.07) is 5.73. The summed E-state index contributed by atoms with van der Waals surface area (Å²) >= 11 is 4.83. The quantitative estimate of drug-likeness (QED) is 0.871. The van der Waals surface area contributed by atoms with Crippen molar-refractivity contribution in [2.45, 2.75) is 32.1 Å². The smallest absolute Gasteiger partial charge is 0.234 e. The minimum atomic E-state index is -0.405. The Hall–Kier alpha value is -0.520. The van der Waals surface area contributed by atoms with Crippen molar-refractivity contribution in [1.82, 2.24) is 0 Å². The molecule has 0 aliphatic heterocycles. The van der Waals surface area contributed by atoms with Crippen molar-refractivity contribution in [3.05, 3.63) is 28.2 Å². The number of hydrogen-bond donors (Lipinski definition) is 2. The van der Waals surface area contributed by atoms with Gasteiger partial charge in [0.1, 0.15) is 0 Å². The van der Waals surface area contributed by atoms with Gasteiger partial charge in [-0.2, -0.15) is 0 Å². The van der Waals surface area contributed by atoms with Crippen molar-refractivity contribution in [3.63, 3.8) is 0 Å².